The molecule has 0 heterocycles. The fourth-order valence-electron chi connectivity index (χ4n) is 2.05. The molecule has 0 aromatic heterocycles. The highest BCUT2D eigenvalue weighted by molar-refractivity contribution is 9.10. The molecule has 0 amide bonds. The molecule has 0 fully saturated rings. The molecule has 0 aliphatic rings. The van der Waals surface area contributed by atoms with Gasteiger partial charge in [0.1, 0.15) is 5.82 Å². The van der Waals surface area contributed by atoms with Gasteiger partial charge < -0.3 is 5.11 Å². The third-order valence-electron chi connectivity index (χ3n) is 2.53. The minimum atomic E-state index is -0.353. The van der Waals surface area contributed by atoms with Crippen molar-refractivity contribution in [3.8, 4) is 0 Å². The van der Waals surface area contributed by atoms with Crippen LogP contribution in [0.1, 0.15) is 32.8 Å². The van der Waals surface area contributed by atoms with E-state index in [4.69, 9.17) is 0 Å². The minimum absolute atomic E-state index is 0.0944. The molecule has 90 valence electrons. The topological polar surface area (TPSA) is 20.2 Å². The maximum atomic E-state index is 13.6. The van der Waals surface area contributed by atoms with Gasteiger partial charge >= 0.3 is 0 Å². The predicted octanol–water partition coefficient (Wildman–Crippen LogP) is 3.93. The van der Waals surface area contributed by atoms with Crippen molar-refractivity contribution in [1.29, 1.82) is 0 Å². The number of aliphatic hydroxyl groups is 1. The van der Waals surface area contributed by atoms with E-state index in [1.54, 1.807) is 13.0 Å². The van der Waals surface area contributed by atoms with Gasteiger partial charge in [-0.05, 0) is 42.9 Å². The molecule has 3 heteroatoms. The van der Waals surface area contributed by atoms with Crippen LogP contribution in [0.4, 0.5) is 4.39 Å². The van der Waals surface area contributed by atoms with E-state index in [9.17, 15) is 9.50 Å². The monoisotopic (exact) mass is 288 g/mol. The highest BCUT2D eigenvalue weighted by Crippen LogP contribution is 2.29. The third kappa shape index (κ3) is 4.22. The van der Waals surface area contributed by atoms with E-state index in [1.165, 1.54) is 6.07 Å². The molecular weight excluding hydrogens is 271 g/mol. The highest BCUT2D eigenvalue weighted by atomic mass is 79.9. The summed E-state index contributed by atoms with van der Waals surface area (Å²) in [5, 5.41) is 9.38. The van der Waals surface area contributed by atoms with Crippen molar-refractivity contribution >= 4 is 15.9 Å². The van der Waals surface area contributed by atoms with Crippen molar-refractivity contribution in [2.24, 2.45) is 5.41 Å². The number of rotatable bonds is 4. The summed E-state index contributed by atoms with van der Waals surface area (Å²) in [5.74, 6) is -0.187. The van der Waals surface area contributed by atoms with Crippen LogP contribution in [0.25, 0.3) is 0 Å². The van der Waals surface area contributed by atoms with Gasteiger partial charge in [-0.25, -0.2) is 4.39 Å². The lowest BCUT2D eigenvalue weighted by Crippen LogP contribution is -2.21. The molecule has 0 aliphatic carbocycles. The molecule has 1 aromatic rings. The molecule has 0 radical (unpaired) electrons. The Balaban J connectivity index is 2.79. The van der Waals surface area contributed by atoms with Crippen LogP contribution in [-0.4, -0.2) is 11.2 Å². The number of halogens is 2. The molecule has 0 bridgehead atoms. The number of aliphatic hydroxyl groups excluding tert-OH is 1. The van der Waals surface area contributed by atoms with E-state index in [0.717, 1.165) is 4.47 Å². The molecule has 16 heavy (non-hydrogen) atoms. The Bertz CT molecular complexity index is 361. The van der Waals surface area contributed by atoms with Gasteiger partial charge in [-0.2, -0.15) is 0 Å². The molecular formula is C13H18BrFO. The van der Waals surface area contributed by atoms with E-state index in [-0.39, 0.29) is 17.3 Å². The van der Waals surface area contributed by atoms with Gasteiger partial charge in [0.15, 0.2) is 0 Å². The average molecular weight is 289 g/mol. The van der Waals surface area contributed by atoms with E-state index in [2.05, 4.69) is 15.9 Å². The maximum Gasteiger partial charge on any atom is 0.127 e. The Kier molecular flexibility index (Phi) is 4.51. The van der Waals surface area contributed by atoms with Crippen LogP contribution in [0.5, 0.6) is 0 Å². The van der Waals surface area contributed by atoms with Crippen LogP contribution in [-0.2, 0) is 6.42 Å². The summed E-state index contributed by atoms with van der Waals surface area (Å²) >= 11 is 3.24. The van der Waals surface area contributed by atoms with Crippen molar-refractivity contribution in [2.75, 3.05) is 0 Å². The molecule has 1 aromatic carbocycles. The van der Waals surface area contributed by atoms with E-state index in [0.29, 0.717) is 18.4 Å². The fourth-order valence-corrected chi connectivity index (χ4v) is 2.39. The quantitative estimate of drug-likeness (QED) is 0.890. The van der Waals surface area contributed by atoms with Crippen LogP contribution in [0.3, 0.4) is 0 Å². The molecule has 0 saturated heterocycles. The Labute approximate surface area is 105 Å². The number of hydrogen-bond acceptors (Lipinski definition) is 1. The molecule has 1 nitrogen and oxygen atoms in total. The Morgan fingerprint density at radius 1 is 1.44 bits per heavy atom. The fraction of sp³-hybridized carbons (Fsp3) is 0.538. The lowest BCUT2D eigenvalue weighted by atomic mass is 9.81. The van der Waals surface area contributed by atoms with Crippen LogP contribution in [0.15, 0.2) is 22.7 Å². The largest absolute Gasteiger partial charge is 0.393 e. The lowest BCUT2D eigenvalue weighted by Gasteiger charge is -2.26. The second-order valence-electron chi connectivity index (χ2n) is 5.13. The minimum Gasteiger partial charge on any atom is -0.393 e. The van der Waals surface area contributed by atoms with Gasteiger partial charge in [0, 0.05) is 4.47 Å². The molecule has 0 aliphatic heterocycles. The van der Waals surface area contributed by atoms with Gasteiger partial charge in [-0.15, -0.1) is 0 Å². The normalized spacial score (nSPS) is 13.9. The molecule has 1 N–H and O–H groups in total. The molecule has 1 unspecified atom stereocenters. The third-order valence-corrected chi connectivity index (χ3v) is 3.03. The number of benzene rings is 1. The summed E-state index contributed by atoms with van der Waals surface area (Å²) < 4.78 is 14.4. The zero-order chi connectivity index (χ0) is 12.3. The summed E-state index contributed by atoms with van der Waals surface area (Å²) in [5.41, 5.74) is 0.608. The summed E-state index contributed by atoms with van der Waals surface area (Å²) in [6, 6.07) is 5.12. The van der Waals surface area contributed by atoms with Crippen molar-refractivity contribution in [2.45, 2.75) is 39.7 Å². The Hall–Kier alpha value is -0.410. The van der Waals surface area contributed by atoms with Gasteiger partial charge in [-0.3, -0.25) is 0 Å². The van der Waals surface area contributed by atoms with E-state index >= 15 is 0 Å². The lowest BCUT2D eigenvalue weighted by molar-refractivity contribution is 0.129. The van der Waals surface area contributed by atoms with Gasteiger partial charge in [0.25, 0.3) is 0 Å². The molecule has 0 saturated carbocycles. The van der Waals surface area contributed by atoms with Gasteiger partial charge in [-0.1, -0.05) is 35.8 Å². The predicted molar refractivity (Wildman–Crippen MR) is 67.9 cm³/mol. The average Bonchev–Trinajstić information content (AvgIpc) is 2.07. The van der Waals surface area contributed by atoms with Gasteiger partial charge in [0.2, 0.25) is 0 Å². The second-order valence-corrected chi connectivity index (χ2v) is 6.05. The Morgan fingerprint density at radius 3 is 2.56 bits per heavy atom. The first-order valence-electron chi connectivity index (χ1n) is 5.42. The maximum absolute atomic E-state index is 13.6. The van der Waals surface area contributed by atoms with Crippen LogP contribution in [0.2, 0.25) is 0 Å². The Morgan fingerprint density at radius 2 is 2.06 bits per heavy atom. The summed E-state index contributed by atoms with van der Waals surface area (Å²) in [4.78, 5) is 0. The summed E-state index contributed by atoms with van der Waals surface area (Å²) in [6.45, 7) is 5.85. The summed E-state index contributed by atoms with van der Waals surface area (Å²) in [7, 11) is 0. The highest BCUT2D eigenvalue weighted by Gasteiger charge is 2.22. The first-order chi connectivity index (χ1) is 7.30. The van der Waals surface area contributed by atoms with Crippen molar-refractivity contribution < 1.29 is 9.50 Å². The SMILES string of the molecule is CC(O)CC(C)(C)Cc1ccc(Br)cc1F. The van der Waals surface area contributed by atoms with E-state index in [1.807, 2.05) is 19.9 Å². The molecule has 1 rings (SSSR count). The zero-order valence-corrected chi connectivity index (χ0v) is 11.5. The molecule has 1 atom stereocenters. The van der Waals surface area contributed by atoms with E-state index < -0.39 is 0 Å². The molecule has 0 spiro atoms. The van der Waals surface area contributed by atoms with Crippen molar-refractivity contribution in [3.05, 3.63) is 34.1 Å². The second kappa shape index (κ2) is 5.28. The van der Waals surface area contributed by atoms with Crippen molar-refractivity contribution in [3.63, 3.8) is 0 Å². The summed E-state index contributed by atoms with van der Waals surface area (Å²) in [6.07, 6.45) is 0.952. The van der Waals surface area contributed by atoms with Gasteiger partial charge in [0.05, 0.1) is 6.10 Å². The van der Waals surface area contributed by atoms with Crippen LogP contribution < -0.4 is 0 Å². The van der Waals surface area contributed by atoms with Crippen LogP contribution in [0, 0.1) is 11.2 Å². The zero-order valence-electron chi connectivity index (χ0n) is 9.93. The first kappa shape index (κ1) is 13.7. The number of hydrogen-bond donors (Lipinski definition) is 1. The van der Waals surface area contributed by atoms with Crippen molar-refractivity contribution in [1.82, 2.24) is 0 Å². The smallest absolute Gasteiger partial charge is 0.127 e. The standard InChI is InChI=1S/C13H18BrFO/c1-9(16)7-13(2,3)8-10-4-5-11(14)6-12(10)15/h4-6,9,16H,7-8H2,1-3H3. The first-order valence-corrected chi connectivity index (χ1v) is 6.21. The van der Waals surface area contributed by atoms with Crippen LogP contribution >= 0.6 is 15.9 Å².